The fourth-order valence-electron chi connectivity index (χ4n) is 1.37. The van der Waals surface area contributed by atoms with E-state index in [-0.39, 0.29) is 18.0 Å². The van der Waals surface area contributed by atoms with Crippen LogP contribution in [-0.2, 0) is 6.61 Å². The molecule has 0 fully saturated rings. The summed E-state index contributed by atoms with van der Waals surface area (Å²) in [5, 5.41) is 11.4. The van der Waals surface area contributed by atoms with Crippen LogP contribution in [0.5, 0.6) is 5.75 Å². The van der Waals surface area contributed by atoms with Gasteiger partial charge in [-0.3, -0.25) is 10.1 Å². The Labute approximate surface area is 118 Å². The van der Waals surface area contributed by atoms with Gasteiger partial charge in [0.25, 0.3) is 5.69 Å². The summed E-state index contributed by atoms with van der Waals surface area (Å²) in [6.45, 7) is 0.199. The van der Waals surface area contributed by atoms with Crippen LogP contribution in [0.15, 0.2) is 36.5 Å². The molecular formula is C12H8Cl2N2O3. The number of non-ortho nitro benzene ring substituents is 1. The average molecular weight is 299 g/mol. The Bertz CT molecular complexity index is 602. The third-order valence-corrected chi connectivity index (χ3v) is 2.84. The number of ether oxygens (including phenoxy) is 1. The molecule has 1 aromatic heterocycles. The molecule has 0 bridgehead atoms. The summed E-state index contributed by atoms with van der Waals surface area (Å²) in [6.07, 6.45) is 1.56. The van der Waals surface area contributed by atoms with Crippen LogP contribution in [0, 0.1) is 10.1 Å². The molecule has 0 atom stereocenters. The van der Waals surface area contributed by atoms with Gasteiger partial charge in [-0.15, -0.1) is 0 Å². The predicted molar refractivity (Wildman–Crippen MR) is 71.7 cm³/mol. The van der Waals surface area contributed by atoms with Gasteiger partial charge in [-0.25, -0.2) is 4.98 Å². The van der Waals surface area contributed by atoms with Crippen LogP contribution in [0.1, 0.15) is 5.56 Å². The number of benzene rings is 1. The van der Waals surface area contributed by atoms with Crippen LogP contribution in [0.4, 0.5) is 5.69 Å². The summed E-state index contributed by atoms with van der Waals surface area (Å²) < 4.78 is 5.43. The van der Waals surface area contributed by atoms with Crippen molar-refractivity contribution in [3.05, 3.63) is 62.4 Å². The number of nitrogens with zero attached hydrogens (tertiary/aromatic N) is 2. The van der Waals surface area contributed by atoms with Crippen molar-refractivity contribution in [1.82, 2.24) is 4.98 Å². The lowest BCUT2D eigenvalue weighted by Gasteiger charge is -2.07. The van der Waals surface area contributed by atoms with E-state index in [9.17, 15) is 10.1 Å². The standard InChI is InChI=1S/C12H8Cl2N2O3/c13-10-3-2-9(16(17)18)5-11(10)19-7-8-1-4-12(14)15-6-8/h1-6H,7H2. The van der Waals surface area contributed by atoms with E-state index in [1.165, 1.54) is 18.2 Å². The Morgan fingerprint density at radius 3 is 2.68 bits per heavy atom. The van der Waals surface area contributed by atoms with Gasteiger partial charge in [0.05, 0.1) is 16.0 Å². The molecule has 0 saturated carbocycles. The maximum atomic E-state index is 10.7. The molecule has 0 aliphatic heterocycles. The molecular weight excluding hydrogens is 291 g/mol. The van der Waals surface area contributed by atoms with E-state index in [2.05, 4.69) is 4.98 Å². The molecule has 0 saturated heterocycles. The summed E-state index contributed by atoms with van der Waals surface area (Å²) >= 11 is 11.6. The van der Waals surface area contributed by atoms with Gasteiger partial charge in [-0.05, 0) is 12.1 Å². The van der Waals surface area contributed by atoms with E-state index in [4.69, 9.17) is 27.9 Å². The molecule has 5 nitrogen and oxygen atoms in total. The van der Waals surface area contributed by atoms with Gasteiger partial charge in [-0.1, -0.05) is 29.3 Å². The van der Waals surface area contributed by atoms with E-state index in [0.29, 0.717) is 10.2 Å². The summed E-state index contributed by atoms with van der Waals surface area (Å²) in [5.41, 5.74) is 0.709. The van der Waals surface area contributed by atoms with E-state index >= 15 is 0 Å². The first-order chi connectivity index (χ1) is 9.06. The molecule has 7 heteroatoms. The second-order valence-corrected chi connectivity index (χ2v) is 4.44. The molecule has 0 radical (unpaired) electrons. The molecule has 0 unspecified atom stereocenters. The first-order valence-electron chi connectivity index (χ1n) is 5.23. The maximum Gasteiger partial charge on any atom is 0.273 e. The molecule has 0 N–H and O–H groups in total. The SMILES string of the molecule is O=[N+]([O-])c1ccc(Cl)c(OCc2ccc(Cl)nc2)c1. The first kappa shape index (κ1) is 13.6. The molecule has 0 aliphatic rings. The van der Waals surface area contributed by atoms with Gasteiger partial charge in [0.1, 0.15) is 17.5 Å². The van der Waals surface area contributed by atoms with Crippen molar-refractivity contribution in [3.63, 3.8) is 0 Å². The molecule has 1 aromatic carbocycles. The summed E-state index contributed by atoms with van der Waals surface area (Å²) in [5.74, 6) is 0.255. The predicted octanol–water partition coefficient (Wildman–Crippen LogP) is 3.88. The lowest BCUT2D eigenvalue weighted by Crippen LogP contribution is -1.97. The van der Waals surface area contributed by atoms with Crippen LogP contribution in [0.3, 0.4) is 0 Å². The smallest absolute Gasteiger partial charge is 0.273 e. The summed E-state index contributed by atoms with van der Waals surface area (Å²) in [7, 11) is 0. The van der Waals surface area contributed by atoms with Crippen molar-refractivity contribution >= 4 is 28.9 Å². The van der Waals surface area contributed by atoms with Gasteiger partial charge >= 0.3 is 0 Å². The highest BCUT2D eigenvalue weighted by molar-refractivity contribution is 6.32. The maximum absolute atomic E-state index is 10.7. The zero-order valence-corrected chi connectivity index (χ0v) is 11.1. The number of aromatic nitrogens is 1. The van der Waals surface area contributed by atoms with Crippen molar-refractivity contribution in [2.45, 2.75) is 6.61 Å². The Hall–Kier alpha value is -1.85. The molecule has 0 spiro atoms. The number of rotatable bonds is 4. The molecule has 19 heavy (non-hydrogen) atoms. The lowest BCUT2D eigenvalue weighted by molar-refractivity contribution is -0.384. The summed E-state index contributed by atoms with van der Waals surface area (Å²) in [4.78, 5) is 14.1. The molecule has 98 valence electrons. The van der Waals surface area contributed by atoms with Gasteiger partial charge in [-0.2, -0.15) is 0 Å². The number of nitro groups is 1. The first-order valence-corrected chi connectivity index (χ1v) is 5.99. The summed E-state index contributed by atoms with van der Waals surface area (Å²) in [6, 6.07) is 7.41. The second-order valence-electron chi connectivity index (χ2n) is 3.65. The number of hydrogen-bond acceptors (Lipinski definition) is 4. The Kier molecular flexibility index (Phi) is 4.19. The topological polar surface area (TPSA) is 65.3 Å². The minimum Gasteiger partial charge on any atom is -0.487 e. The van der Waals surface area contributed by atoms with E-state index in [1.54, 1.807) is 18.3 Å². The largest absolute Gasteiger partial charge is 0.487 e. The average Bonchev–Trinajstić information content (AvgIpc) is 2.39. The zero-order chi connectivity index (χ0) is 13.8. The van der Waals surface area contributed by atoms with Crippen LogP contribution >= 0.6 is 23.2 Å². The zero-order valence-electron chi connectivity index (χ0n) is 9.55. The quantitative estimate of drug-likeness (QED) is 0.488. The van der Waals surface area contributed by atoms with Gasteiger partial charge < -0.3 is 4.74 Å². The van der Waals surface area contributed by atoms with E-state index in [1.807, 2.05) is 0 Å². The highest BCUT2D eigenvalue weighted by Crippen LogP contribution is 2.29. The van der Waals surface area contributed by atoms with Gasteiger partial charge in [0.2, 0.25) is 0 Å². The van der Waals surface area contributed by atoms with Crippen LogP contribution in [-0.4, -0.2) is 9.91 Å². The molecule has 2 rings (SSSR count). The molecule has 0 aliphatic carbocycles. The van der Waals surface area contributed by atoms with Crippen LogP contribution in [0.2, 0.25) is 10.2 Å². The van der Waals surface area contributed by atoms with E-state index < -0.39 is 4.92 Å². The monoisotopic (exact) mass is 298 g/mol. The Balaban J connectivity index is 2.12. The fraction of sp³-hybridized carbons (Fsp3) is 0.0833. The highest BCUT2D eigenvalue weighted by atomic mass is 35.5. The fourth-order valence-corrected chi connectivity index (χ4v) is 1.65. The lowest BCUT2D eigenvalue weighted by atomic mass is 10.3. The molecule has 0 amide bonds. The van der Waals surface area contributed by atoms with Crippen LogP contribution in [0.25, 0.3) is 0 Å². The number of nitro benzene ring substituents is 1. The minimum atomic E-state index is -0.507. The van der Waals surface area contributed by atoms with Crippen molar-refractivity contribution < 1.29 is 9.66 Å². The Morgan fingerprint density at radius 2 is 2.05 bits per heavy atom. The molecule has 1 heterocycles. The Morgan fingerprint density at radius 1 is 1.26 bits per heavy atom. The van der Waals surface area contributed by atoms with E-state index in [0.717, 1.165) is 5.56 Å². The second kappa shape index (κ2) is 5.86. The van der Waals surface area contributed by atoms with Gasteiger partial charge in [0, 0.05) is 17.8 Å². The van der Waals surface area contributed by atoms with Crippen molar-refractivity contribution in [2.24, 2.45) is 0 Å². The number of hydrogen-bond donors (Lipinski definition) is 0. The third kappa shape index (κ3) is 3.56. The highest BCUT2D eigenvalue weighted by Gasteiger charge is 2.10. The van der Waals surface area contributed by atoms with Crippen molar-refractivity contribution in [1.29, 1.82) is 0 Å². The minimum absolute atomic E-state index is 0.0753. The normalized spacial score (nSPS) is 10.2. The number of pyridine rings is 1. The van der Waals surface area contributed by atoms with Crippen molar-refractivity contribution in [3.8, 4) is 5.75 Å². The number of halogens is 2. The van der Waals surface area contributed by atoms with Gasteiger partial charge in [0.15, 0.2) is 0 Å². The van der Waals surface area contributed by atoms with Crippen molar-refractivity contribution in [2.75, 3.05) is 0 Å². The van der Waals surface area contributed by atoms with Crippen LogP contribution < -0.4 is 4.74 Å². The molecule has 2 aromatic rings. The third-order valence-electron chi connectivity index (χ3n) is 2.31.